The van der Waals surface area contributed by atoms with Crippen molar-refractivity contribution in [2.75, 3.05) is 11.9 Å². The monoisotopic (exact) mass is 254 g/mol. The van der Waals surface area contributed by atoms with Crippen LogP contribution in [0.4, 0.5) is 5.82 Å². The van der Waals surface area contributed by atoms with Crippen molar-refractivity contribution in [2.45, 2.75) is 19.5 Å². The van der Waals surface area contributed by atoms with E-state index in [0.717, 1.165) is 42.1 Å². The summed E-state index contributed by atoms with van der Waals surface area (Å²) in [6, 6.07) is 4.03. The van der Waals surface area contributed by atoms with Gasteiger partial charge in [0.1, 0.15) is 11.9 Å². The summed E-state index contributed by atoms with van der Waals surface area (Å²) in [5.74, 6) is 0.993. The van der Waals surface area contributed by atoms with E-state index < -0.39 is 0 Å². The molecule has 0 unspecified atom stereocenters. The highest BCUT2D eigenvalue weighted by Gasteiger charge is 2.17. The van der Waals surface area contributed by atoms with Crippen molar-refractivity contribution in [3.63, 3.8) is 0 Å². The summed E-state index contributed by atoms with van der Waals surface area (Å²) in [7, 11) is 0. The Morgan fingerprint density at radius 1 is 1.42 bits per heavy atom. The number of rotatable bonds is 3. The molecule has 0 fully saturated rings. The highest BCUT2D eigenvalue weighted by Crippen LogP contribution is 2.20. The van der Waals surface area contributed by atoms with Gasteiger partial charge in [-0.05, 0) is 11.6 Å². The molecule has 0 aliphatic carbocycles. The number of aromatic nitrogens is 3. The summed E-state index contributed by atoms with van der Waals surface area (Å²) >= 11 is 0. The predicted molar refractivity (Wildman–Crippen MR) is 70.3 cm³/mol. The number of hydrogen-bond acceptors (Lipinski definition) is 5. The number of H-pyrrole nitrogens is 1. The van der Waals surface area contributed by atoms with E-state index in [0.29, 0.717) is 6.54 Å². The summed E-state index contributed by atoms with van der Waals surface area (Å²) < 4.78 is 0. The van der Waals surface area contributed by atoms with E-state index in [2.05, 4.69) is 25.6 Å². The molecule has 2 aromatic heterocycles. The first kappa shape index (κ1) is 11.7. The molecule has 0 saturated carbocycles. The van der Waals surface area contributed by atoms with Gasteiger partial charge in [0.05, 0.1) is 5.69 Å². The maximum atomic E-state index is 8.99. The lowest BCUT2D eigenvalue weighted by Crippen LogP contribution is -2.26. The van der Waals surface area contributed by atoms with Gasteiger partial charge in [-0.1, -0.05) is 0 Å². The Morgan fingerprint density at radius 2 is 2.37 bits per heavy atom. The molecule has 0 radical (unpaired) electrons. The van der Waals surface area contributed by atoms with E-state index in [1.807, 2.05) is 24.5 Å². The molecule has 0 bridgehead atoms. The van der Waals surface area contributed by atoms with E-state index in [9.17, 15) is 0 Å². The van der Waals surface area contributed by atoms with Crippen LogP contribution >= 0.6 is 0 Å². The first-order chi connectivity index (χ1) is 9.36. The van der Waals surface area contributed by atoms with Gasteiger partial charge in [0.15, 0.2) is 0 Å². The third-order valence-electron chi connectivity index (χ3n) is 3.16. The van der Waals surface area contributed by atoms with Gasteiger partial charge in [-0.2, -0.15) is 5.26 Å². The standard InChI is InChI=1S/C13H14N6/c14-5-12-18-11-2-4-16-8-10(11)13(19-12)17-7-9-1-3-15-6-9/h1,3,6,15-16H,2,4,7-8H2,(H,17,18,19). The molecule has 3 N–H and O–H groups in total. The Balaban J connectivity index is 1.88. The summed E-state index contributed by atoms with van der Waals surface area (Å²) in [6.07, 6.45) is 4.66. The molecular weight excluding hydrogens is 240 g/mol. The van der Waals surface area contributed by atoms with Crippen molar-refractivity contribution in [1.82, 2.24) is 20.3 Å². The molecule has 1 aliphatic heterocycles. The smallest absolute Gasteiger partial charge is 0.234 e. The van der Waals surface area contributed by atoms with E-state index >= 15 is 0 Å². The molecule has 3 heterocycles. The highest BCUT2D eigenvalue weighted by atomic mass is 15.1. The number of hydrogen-bond donors (Lipinski definition) is 3. The quantitative estimate of drug-likeness (QED) is 0.758. The van der Waals surface area contributed by atoms with Gasteiger partial charge < -0.3 is 15.6 Å². The summed E-state index contributed by atoms with van der Waals surface area (Å²) in [5.41, 5.74) is 3.19. The van der Waals surface area contributed by atoms with Gasteiger partial charge in [-0.25, -0.2) is 9.97 Å². The summed E-state index contributed by atoms with van der Waals surface area (Å²) in [4.78, 5) is 11.6. The Morgan fingerprint density at radius 3 is 3.16 bits per heavy atom. The zero-order chi connectivity index (χ0) is 13.1. The second-order valence-corrected chi connectivity index (χ2v) is 4.43. The molecule has 0 atom stereocenters. The Bertz CT molecular complexity index is 611. The maximum absolute atomic E-state index is 8.99. The zero-order valence-corrected chi connectivity index (χ0v) is 10.4. The second kappa shape index (κ2) is 5.08. The SMILES string of the molecule is N#Cc1nc2c(c(NCc3cc[nH]c3)n1)CNCC2. The van der Waals surface area contributed by atoms with Crippen LogP contribution in [-0.2, 0) is 19.5 Å². The lowest BCUT2D eigenvalue weighted by molar-refractivity contribution is 0.625. The fourth-order valence-electron chi connectivity index (χ4n) is 2.19. The highest BCUT2D eigenvalue weighted by molar-refractivity contribution is 5.49. The number of nitrogens with one attached hydrogen (secondary N) is 3. The largest absolute Gasteiger partial charge is 0.367 e. The van der Waals surface area contributed by atoms with Crippen LogP contribution in [0.1, 0.15) is 22.6 Å². The van der Waals surface area contributed by atoms with Gasteiger partial charge in [0.2, 0.25) is 5.82 Å². The molecule has 1 aliphatic rings. The molecule has 0 amide bonds. The lowest BCUT2D eigenvalue weighted by Gasteiger charge is -2.19. The molecule has 0 aromatic carbocycles. The molecule has 2 aromatic rings. The van der Waals surface area contributed by atoms with Crippen LogP contribution < -0.4 is 10.6 Å². The molecule has 0 saturated heterocycles. The predicted octanol–water partition coefficient (Wildman–Crippen LogP) is 0.934. The van der Waals surface area contributed by atoms with E-state index in [4.69, 9.17) is 5.26 Å². The zero-order valence-electron chi connectivity index (χ0n) is 10.4. The van der Waals surface area contributed by atoms with Crippen LogP contribution in [0.3, 0.4) is 0 Å². The molecule has 96 valence electrons. The van der Waals surface area contributed by atoms with Crippen LogP contribution in [-0.4, -0.2) is 21.5 Å². The first-order valence-corrected chi connectivity index (χ1v) is 6.23. The Labute approximate surface area is 110 Å². The van der Waals surface area contributed by atoms with Gasteiger partial charge >= 0.3 is 0 Å². The van der Waals surface area contributed by atoms with E-state index in [1.165, 1.54) is 0 Å². The average Bonchev–Trinajstić information content (AvgIpc) is 2.97. The van der Waals surface area contributed by atoms with E-state index in [-0.39, 0.29) is 5.82 Å². The van der Waals surface area contributed by atoms with Crippen LogP contribution in [0.5, 0.6) is 0 Å². The van der Waals surface area contributed by atoms with Crippen LogP contribution in [0.25, 0.3) is 0 Å². The van der Waals surface area contributed by atoms with Crippen LogP contribution in [0, 0.1) is 11.3 Å². The third kappa shape index (κ3) is 2.41. The number of aromatic amines is 1. The van der Waals surface area contributed by atoms with Gasteiger partial charge in [0.25, 0.3) is 0 Å². The minimum Gasteiger partial charge on any atom is -0.367 e. The van der Waals surface area contributed by atoms with Crippen molar-refractivity contribution in [2.24, 2.45) is 0 Å². The Kier molecular flexibility index (Phi) is 3.12. The van der Waals surface area contributed by atoms with Gasteiger partial charge in [-0.15, -0.1) is 0 Å². The van der Waals surface area contributed by atoms with Crippen molar-refractivity contribution < 1.29 is 0 Å². The topological polar surface area (TPSA) is 89.4 Å². The summed E-state index contributed by atoms with van der Waals surface area (Å²) in [5, 5.41) is 15.6. The average molecular weight is 254 g/mol. The number of fused-ring (bicyclic) bond motifs is 1. The fourth-order valence-corrected chi connectivity index (χ4v) is 2.19. The minimum absolute atomic E-state index is 0.234. The molecule has 6 nitrogen and oxygen atoms in total. The fraction of sp³-hybridized carbons (Fsp3) is 0.308. The first-order valence-electron chi connectivity index (χ1n) is 6.23. The summed E-state index contributed by atoms with van der Waals surface area (Å²) in [6.45, 7) is 2.32. The molecular formula is C13H14N6. The lowest BCUT2D eigenvalue weighted by atomic mass is 10.1. The van der Waals surface area contributed by atoms with E-state index in [1.54, 1.807) is 0 Å². The van der Waals surface area contributed by atoms with Crippen molar-refractivity contribution in [3.8, 4) is 6.07 Å². The molecule has 19 heavy (non-hydrogen) atoms. The minimum atomic E-state index is 0.234. The van der Waals surface area contributed by atoms with Crippen molar-refractivity contribution >= 4 is 5.82 Å². The Hall–Kier alpha value is -2.39. The molecule has 0 spiro atoms. The van der Waals surface area contributed by atoms with Crippen molar-refractivity contribution in [3.05, 3.63) is 41.1 Å². The second-order valence-electron chi connectivity index (χ2n) is 4.43. The maximum Gasteiger partial charge on any atom is 0.234 e. The van der Waals surface area contributed by atoms with Crippen LogP contribution in [0.2, 0.25) is 0 Å². The number of anilines is 1. The number of nitrogens with zero attached hydrogens (tertiary/aromatic N) is 3. The molecule has 3 rings (SSSR count). The third-order valence-corrected chi connectivity index (χ3v) is 3.16. The van der Waals surface area contributed by atoms with Gasteiger partial charge in [-0.3, -0.25) is 0 Å². The molecule has 6 heteroatoms. The number of nitriles is 1. The van der Waals surface area contributed by atoms with Gasteiger partial charge in [0, 0.05) is 44.0 Å². The van der Waals surface area contributed by atoms with Crippen LogP contribution in [0.15, 0.2) is 18.5 Å². The van der Waals surface area contributed by atoms with Crippen molar-refractivity contribution in [1.29, 1.82) is 5.26 Å². The normalized spacial score (nSPS) is 13.6.